The maximum Gasteiger partial charge on any atom is 0.247 e. The van der Waals surface area contributed by atoms with Gasteiger partial charge in [0.15, 0.2) is 0 Å². The van der Waals surface area contributed by atoms with Crippen molar-refractivity contribution in [1.29, 1.82) is 0 Å². The molecule has 4 heteroatoms. The van der Waals surface area contributed by atoms with Gasteiger partial charge in [0.2, 0.25) is 5.91 Å². The van der Waals surface area contributed by atoms with Crippen molar-refractivity contribution >= 4 is 23.3 Å². The summed E-state index contributed by atoms with van der Waals surface area (Å²) >= 11 is 1.64. The lowest BCUT2D eigenvalue weighted by molar-refractivity contribution is -0.129. The molecule has 0 saturated carbocycles. The SMILES string of the molecule is C[C@H]1c2cccn2CCN1C(=O)/C=C\c1cccs1. The van der Waals surface area contributed by atoms with Crippen molar-refractivity contribution in [2.75, 3.05) is 6.54 Å². The number of carbonyl (C=O) groups excluding carboxylic acids is 1. The highest BCUT2D eigenvalue weighted by Crippen LogP contribution is 2.25. The van der Waals surface area contributed by atoms with Crippen LogP contribution in [0, 0.1) is 0 Å². The molecule has 0 fully saturated rings. The normalized spacial score (nSPS) is 18.8. The van der Waals surface area contributed by atoms with Gasteiger partial charge in [-0.25, -0.2) is 0 Å². The molecule has 0 radical (unpaired) electrons. The first-order valence-electron chi connectivity index (χ1n) is 6.43. The molecule has 0 saturated heterocycles. The standard InChI is InChI=1S/C15H16N2OS/c1-12-14-5-2-8-16(14)9-10-17(12)15(18)7-6-13-4-3-11-19-13/h2-8,11-12H,9-10H2,1H3/b7-6-/t12-/m0/s1. The molecule has 0 spiro atoms. The van der Waals surface area contributed by atoms with E-state index in [1.165, 1.54) is 5.69 Å². The van der Waals surface area contributed by atoms with E-state index in [9.17, 15) is 4.79 Å². The molecular weight excluding hydrogens is 256 g/mol. The fourth-order valence-corrected chi connectivity index (χ4v) is 3.13. The van der Waals surface area contributed by atoms with Crippen LogP contribution in [-0.4, -0.2) is 21.9 Å². The predicted molar refractivity (Wildman–Crippen MR) is 77.9 cm³/mol. The van der Waals surface area contributed by atoms with Gasteiger partial charge in [0.1, 0.15) is 0 Å². The van der Waals surface area contributed by atoms with Crippen LogP contribution in [0.15, 0.2) is 41.9 Å². The van der Waals surface area contributed by atoms with Crippen molar-refractivity contribution in [2.45, 2.75) is 19.5 Å². The molecule has 19 heavy (non-hydrogen) atoms. The zero-order chi connectivity index (χ0) is 13.2. The zero-order valence-corrected chi connectivity index (χ0v) is 11.6. The maximum atomic E-state index is 12.3. The Hall–Kier alpha value is -1.81. The van der Waals surface area contributed by atoms with E-state index in [4.69, 9.17) is 0 Å². The highest BCUT2D eigenvalue weighted by Gasteiger charge is 2.25. The molecule has 0 aliphatic carbocycles. The number of nitrogens with zero attached hydrogens (tertiary/aromatic N) is 2. The van der Waals surface area contributed by atoms with Gasteiger partial charge in [-0.15, -0.1) is 11.3 Å². The summed E-state index contributed by atoms with van der Waals surface area (Å²) in [7, 11) is 0. The molecule has 98 valence electrons. The van der Waals surface area contributed by atoms with Gasteiger partial charge in [-0.2, -0.15) is 0 Å². The number of carbonyl (C=O) groups is 1. The molecule has 3 nitrogen and oxygen atoms in total. The minimum atomic E-state index is 0.0911. The van der Waals surface area contributed by atoms with Crippen LogP contribution in [-0.2, 0) is 11.3 Å². The monoisotopic (exact) mass is 272 g/mol. The third-order valence-corrected chi connectivity index (χ3v) is 4.40. The summed E-state index contributed by atoms with van der Waals surface area (Å²) in [5.41, 5.74) is 1.21. The van der Waals surface area contributed by atoms with Gasteiger partial charge in [0.05, 0.1) is 6.04 Å². The molecule has 2 aromatic heterocycles. The van der Waals surface area contributed by atoms with E-state index in [1.807, 2.05) is 34.6 Å². The Morgan fingerprint density at radius 3 is 3.05 bits per heavy atom. The number of amides is 1. The number of aromatic nitrogens is 1. The van der Waals surface area contributed by atoms with Gasteiger partial charge < -0.3 is 9.47 Å². The van der Waals surface area contributed by atoms with Gasteiger partial charge in [0.25, 0.3) is 0 Å². The molecule has 1 amide bonds. The molecule has 0 unspecified atom stereocenters. The Morgan fingerprint density at radius 1 is 1.37 bits per heavy atom. The lowest BCUT2D eigenvalue weighted by atomic mass is 10.1. The molecule has 0 aromatic carbocycles. The Kier molecular flexibility index (Phi) is 3.25. The van der Waals surface area contributed by atoms with Gasteiger partial charge in [-0.3, -0.25) is 4.79 Å². The Morgan fingerprint density at radius 2 is 2.26 bits per heavy atom. The molecule has 1 atom stereocenters. The number of fused-ring (bicyclic) bond motifs is 1. The van der Waals surface area contributed by atoms with Gasteiger partial charge in [0, 0.05) is 35.9 Å². The first-order valence-corrected chi connectivity index (χ1v) is 7.31. The summed E-state index contributed by atoms with van der Waals surface area (Å²) in [4.78, 5) is 15.3. The average molecular weight is 272 g/mol. The molecule has 1 aliphatic rings. The van der Waals surface area contributed by atoms with E-state index in [-0.39, 0.29) is 11.9 Å². The van der Waals surface area contributed by atoms with Crippen LogP contribution in [0.5, 0.6) is 0 Å². The van der Waals surface area contributed by atoms with E-state index in [2.05, 4.69) is 23.8 Å². The zero-order valence-electron chi connectivity index (χ0n) is 10.8. The first kappa shape index (κ1) is 12.2. The second-order valence-electron chi connectivity index (χ2n) is 4.68. The van der Waals surface area contributed by atoms with Crippen LogP contribution in [0.3, 0.4) is 0 Å². The van der Waals surface area contributed by atoms with Crippen molar-refractivity contribution in [3.63, 3.8) is 0 Å². The van der Waals surface area contributed by atoms with Crippen LogP contribution < -0.4 is 0 Å². The molecular formula is C15H16N2OS. The van der Waals surface area contributed by atoms with Crippen molar-refractivity contribution in [3.05, 3.63) is 52.5 Å². The Bertz CT molecular complexity index is 597. The molecule has 0 bridgehead atoms. The number of hydrogen-bond donors (Lipinski definition) is 0. The lowest BCUT2D eigenvalue weighted by Gasteiger charge is -2.34. The third-order valence-electron chi connectivity index (χ3n) is 3.56. The molecule has 0 N–H and O–H groups in total. The van der Waals surface area contributed by atoms with Crippen LogP contribution in [0.4, 0.5) is 0 Å². The molecule has 2 aromatic rings. The lowest BCUT2D eigenvalue weighted by Crippen LogP contribution is -2.39. The Labute approximate surface area is 116 Å². The van der Waals surface area contributed by atoms with Crippen molar-refractivity contribution < 1.29 is 4.79 Å². The highest BCUT2D eigenvalue weighted by molar-refractivity contribution is 7.10. The fraction of sp³-hybridized carbons (Fsp3) is 0.267. The summed E-state index contributed by atoms with van der Waals surface area (Å²) in [5.74, 6) is 0.0911. The van der Waals surface area contributed by atoms with E-state index >= 15 is 0 Å². The quantitative estimate of drug-likeness (QED) is 0.771. The second kappa shape index (κ2) is 5.05. The summed E-state index contributed by atoms with van der Waals surface area (Å²) in [6.07, 6.45) is 5.66. The summed E-state index contributed by atoms with van der Waals surface area (Å²) in [6, 6.07) is 8.28. The summed E-state index contributed by atoms with van der Waals surface area (Å²) < 4.78 is 2.22. The number of thiophene rings is 1. The third kappa shape index (κ3) is 2.36. The predicted octanol–water partition coefficient (Wildman–Crippen LogP) is 3.17. The molecule has 1 aliphatic heterocycles. The number of rotatable bonds is 2. The van der Waals surface area contributed by atoms with Crippen LogP contribution in [0.25, 0.3) is 6.08 Å². The Balaban J connectivity index is 1.75. The summed E-state index contributed by atoms with van der Waals surface area (Å²) in [5, 5.41) is 2.01. The molecule has 3 rings (SSSR count). The van der Waals surface area contributed by atoms with Crippen molar-refractivity contribution in [3.8, 4) is 0 Å². The smallest absolute Gasteiger partial charge is 0.247 e. The average Bonchev–Trinajstić information content (AvgIpc) is 3.07. The van der Waals surface area contributed by atoms with Gasteiger partial charge in [-0.05, 0) is 36.6 Å². The van der Waals surface area contributed by atoms with Crippen LogP contribution in [0.1, 0.15) is 23.5 Å². The van der Waals surface area contributed by atoms with Gasteiger partial charge >= 0.3 is 0 Å². The van der Waals surface area contributed by atoms with E-state index in [0.717, 1.165) is 18.0 Å². The highest BCUT2D eigenvalue weighted by atomic mass is 32.1. The minimum absolute atomic E-state index is 0.0911. The van der Waals surface area contributed by atoms with Crippen LogP contribution in [0.2, 0.25) is 0 Å². The van der Waals surface area contributed by atoms with E-state index in [1.54, 1.807) is 17.4 Å². The first-order chi connectivity index (χ1) is 9.25. The van der Waals surface area contributed by atoms with E-state index < -0.39 is 0 Å². The van der Waals surface area contributed by atoms with E-state index in [0.29, 0.717) is 0 Å². The number of hydrogen-bond acceptors (Lipinski definition) is 2. The largest absolute Gasteiger partial charge is 0.348 e. The minimum Gasteiger partial charge on any atom is -0.348 e. The molecule has 3 heterocycles. The fourth-order valence-electron chi connectivity index (χ4n) is 2.52. The summed E-state index contributed by atoms with van der Waals surface area (Å²) in [6.45, 7) is 3.74. The van der Waals surface area contributed by atoms with Gasteiger partial charge in [-0.1, -0.05) is 6.07 Å². The van der Waals surface area contributed by atoms with Crippen molar-refractivity contribution in [2.24, 2.45) is 0 Å². The van der Waals surface area contributed by atoms with Crippen LogP contribution >= 0.6 is 11.3 Å². The topological polar surface area (TPSA) is 25.2 Å². The maximum absolute atomic E-state index is 12.3. The van der Waals surface area contributed by atoms with Crippen molar-refractivity contribution in [1.82, 2.24) is 9.47 Å². The second-order valence-corrected chi connectivity index (χ2v) is 5.66.